The average molecular weight is 615 g/mol. The Balaban J connectivity index is 1.51. The van der Waals surface area contributed by atoms with Gasteiger partial charge in [-0.3, -0.25) is 13.9 Å². The van der Waals surface area contributed by atoms with Crippen molar-refractivity contribution in [2.24, 2.45) is 0 Å². The van der Waals surface area contributed by atoms with Gasteiger partial charge in [0.1, 0.15) is 11.8 Å². The zero-order valence-corrected chi connectivity index (χ0v) is 24.6. The van der Waals surface area contributed by atoms with E-state index < -0.39 is 22.0 Å². The number of para-hydroxylation sites is 2. The van der Waals surface area contributed by atoms with Crippen molar-refractivity contribution < 1.29 is 22.7 Å². The molecule has 1 N–H and O–H groups in total. The van der Waals surface area contributed by atoms with Gasteiger partial charge in [-0.25, -0.2) is 8.42 Å². The maximum absolute atomic E-state index is 13.7. The summed E-state index contributed by atoms with van der Waals surface area (Å²) < 4.78 is 35.0. The lowest BCUT2D eigenvalue weighted by Gasteiger charge is -2.33. The molecule has 1 unspecified atom stereocenters. The maximum Gasteiger partial charge on any atom is 0.264 e. The van der Waals surface area contributed by atoms with Crippen LogP contribution in [0.5, 0.6) is 5.75 Å². The molecule has 1 fully saturated rings. The van der Waals surface area contributed by atoms with E-state index in [4.69, 9.17) is 4.74 Å². The van der Waals surface area contributed by atoms with Gasteiger partial charge in [-0.05, 0) is 74.7 Å². The number of sulfonamides is 1. The molecule has 1 aliphatic heterocycles. The van der Waals surface area contributed by atoms with Gasteiger partial charge in [0.2, 0.25) is 11.8 Å². The van der Waals surface area contributed by atoms with Gasteiger partial charge in [-0.2, -0.15) is 0 Å². The molecule has 10 heteroatoms. The molecule has 1 aliphatic rings. The Labute approximate surface area is 238 Å². The predicted molar refractivity (Wildman–Crippen MR) is 156 cm³/mol. The van der Waals surface area contributed by atoms with E-state index in [9.17, 15) is 18.0 Å². The summed E-state index contributed by atoms with van der Waals surface area (Å²) in [5, 5.41) is 2.84. The lowest BCUT2D eigenvalue weighted by atomic mass is 10.0. The van der Waals surface area contributed by atoms with Crippen LogP contribution in [0.25, 0.3) is 0 Å². The van der Waals surface area contributed by atoms with Crippen LogP contribution >= 0.6 is 15.9 Å². The summed E-state index contributed by atoms with van der Waals surface area (Å²) in [4.78, 5) is 28.1. The molecule has 0 radical (unpaired) electrons. The summed E-state index contributed by atoms with van der Waals surface area (Å²) in [7, 11) is -2.53. The summed E-state index contributed by atoms with van der Waals surface area (Å²) in [6, 6.07) is 18.4. The lowest BCUT2D eigenvalue weighted by molar-refractivity contribution is -0.128. The minimum Gasteiger partial charge on any atom is -0.495 e. The van der Waals surface area contributed by atoms with Crippen LogP contribution in [-0.2, 0) is 19.6 Å². The van der Waals surface area contributed by atoms with Crippen molar-refractivity contribution >= 4 is 49.1 Å². The van der Waals surface area contributed by atoms with Crippen LogP contribution in [0.1, 0.15) is 30.4 Å². The Bertz CT molecular complexity index is 1460. The minimum absolute atomic E-state index is 0.113. The Kier molecular flexibility index (Phi) is 8.97. The highest BCUT2D eigenvalue weighted by Crippen LogP contribution is 2.32. The zero-order valence-electron chi connectivity index (χ0n) is 22.2. The van der Waals surface area contributed by atoms with E-state index in [0.717, 1.165) is 27.7 Å². The number of methoxy groups -OCH3 is 1. The monoisotopic (exact) mass is 613 g/mol. The van der Waals surface area contributed by atoms with Gasteiger partial charge >= 0.3 is 0 Å². The van der Waals surface area contributed by atoms with Gasteiger partial charge in [0.15, 0.2) is 0 Å². The number of anilines is 2. The van der Waals surface area contributed by atoms with Crippen molar-refractivity contribution in [3.8, 4) is 5.75 Å². The second-order valence-electron chi connectivity index (χ2n) is 9.50. The summed E-state index contributed by atoms with van der Waals surface area (Å²) in [5.41, 5.74) is 3.06. The molecule has 8 nitrogen and oxygen atoms in total. The molecule has 1 heterocycles. The second-order valence-corrected chi connectivity index (χ2v) is 12.2. The first-order chi connectivity index (χ1) is 18.6. The molecule has 0 bridgehead atoms. The highest BCUT2D eigenvalue weighted by molar-refractivity contribution is 9.10. The molecule has 0 aromatic heterocycles. The van der Waals surface area contributed by atoms with E-state index in [1.165, 1.54) is 11.4 Å². The van der Waals surface area contributed by atoms with E-state index in [1.54, 1.807) is 53.4 Å². The first-order valence-corrected chi connectivity index (χ1v) is 14.9. The normalized spacial score (nSPS) is 15.6. The summed E-state index contributed by atoms with van der Waals surface area (Å²) in [6.07, 6.45) is 1.12. The molecule has 1 saturated heterocycles. The SMILES string of the molecule is COc1ccccc1N(CCC(=O)NC1CCCN(c2ccc(Br)c(C)c2)C1=O)S(=O)(=O)c1ccc(C)cc1. The first-order valence-electron chi connectivity index (χ1n) is 12.7. The molecule has 2 amide bonds. The Morgan fingerprint density at radius 1 is 1.10 bits per heavy atom. The number of hydrogen-bond acceptors (Lipinski definition) is 5. The van der Waals surface area contributed by atoms with Crippen molar-refractivity contribution in [3.05, 3.63) is 82.3 Å². The van der Waals surface area contributed by atoms with Crippen molar-refractivity contribution in [2.45, 2.75) is 44.0 Å². The molecule has 0 spiro atoms. The number of hydrogen-bond donors (Lipinski definition) is 1. The average Bonchev–Trinajstić information content (AvgIpc) is 2.92. The number of rotatable bonds is 9. The third kappa shape index (κ3) is 6.45. The van der Waals surface area contributed by atoms with Crippen molar-refractivity contribution in [2.75, 3.05) is 29.4 Å². The topological polar surface area (TPSA) is 96.0 Å². The van der Waals surface area contributed by atoms with Gasteiger partial charge < -0.3 is 15.0 Å². The smallest absolute Gasteiger partial charge is 0.264 e. The molecule has 3 aromatic rings. The van der Waals surface area contributed by atoms with Crippen molar-refractivity contribution in [1.82, 2.24) is 5.32 Å². The number of amides is 2. The lowest BCUT2D eigenvalue weighted by Crippen LogP contribution is -2.52. The van der Waals surface area contributed by atoms with Gasteiger partial charge in [-0.1, -0.05) is 45.8 Å². The predicted octanol–water partition coefficient (Wildman–Crippen LogP) is 4.97. The second kappa shape index (κ2) is 12.2. The van der Waals surface area contributed by atoms with Crippen LogP contribution in [0, 0.1) is 13.8 Å². The number of halogens is 1. The Morgan fingerprint density at radius 2 is 1.82 bits per heavy atom. The minimum atomic E-state index is -4.00. The number of piperidine rings is 1. The molecule has 0 aliphatic carbocycles. The Hall–Kier alpha value is -3.37. The van der Waals surface area contributed by atoms with E-state index in [2.05, 4.69) is 21.2 Å². The molecule has 4 rings (SSSR count). The van der Waals surface area contributed by atoms with E-state index >= 15 is 0 Å². The van der Waals surface area contributed by atoms with Crippen LogP contribution in [-0.4, -0.2) is 46.5 Å². The standard InChI is InChI=1S/C29H32BrN3O5S/c1-20-10-13-23(14-11-20)39(36,37)33(26-8-4-5-9-27(26)38-3)18-16-28(34)31-25-7-6-17-32(29(25)35)22-12-15-24(30)21(2)19-22/h4-5,8-15,19,25H,6-7,16-18H2,1-3H3,(H,31,34). The molecule has 206 valence electrons. The van der Waals surface area contributed by atoms with E-state index in [-0.39, 0.29) is 23.8 Å². The largest absolute Gasteiger partial charge is 0.495 e. The number of ether oxygens (including phenoxy) is 1. The number of benzene rings is 3. The van der Waals surface area contributed by atoms with E-state index in [1.807, 2.05) is 32.0 Å². The highest BCUT2D eigenvalue weighted by atomic mass is 79.9. The molecule has 39 heavy (non-hydrogen) atoms. The number of carbonyl (C=O) groups is 2. The number of aryl methyl sites for hydroxylation is 2. The van der Waals surface area contributed by atoms with Crippen LogP contribution in [0.15, 0.2) is 76.1 Å². The van der Waals surface area contributed by atoms with Crippen LogP contribution in [0.3, 0.4) is 0 Å². The van der Waals surface area contributed by atoms with Crippen molar-refractivity contribution in [1.29, 1.82) is 0 Å². The van der Waals surface area contributed by atoms with Gasteiger partial charge in [0.25, 0.3) is 10.0 Å². The van der Waals surface area contributed by atoms with Crippen LogP contribution in [0.2, 0.25) is 0 Å². The summed E-state index contributed by atoms with van der Waals surface area (Å²) in [6.45, 7) is 4.28. The molecule has 3 aromatic carbocycles. The summed E-state index contributed by atoms with van der Waals surface area (Å²) in [5.74, 6) is -0.206. The molecule has 0 saturated carbocycles. The molecule has 1 atom stereocenters. The quantitative estimate of drug-likeness (QED) is 0.367. The molecular weight excluding hydrogens is 582 g/mol. The fourth-order valence-electron chi connectivity index (χ4n) is 4.58. The van der Waals surface area contributed by atoms with Gasteiger partial charge in [0, 0.05) is 29.7 Å². The summed E-state index contributed by atoms with van der Waals surface area (Å²) >= 11 is 3.48. The third-order valence-electron chi connectivity index (χ3n) is 6.73. The van der Waals surface area contributed by atoms with Gasteiger partial charge in [-0.15, -0.1) is 0 Å². The van der Waals surface area contributed by atoms with Gasteiger partial charge in [0.05, 0.1) is 17.7 Å². The van der Waals surface area contributed by atoms with Crippen LogP contribution in [0.4, 0.5) is 11.4 Å². The zero-order chi connectivity index (χ0) is 28.2. The first kappa shape index (κ1) is 28.6. The van der Waals surface area contributed by atoms with Crippen molar-refractivity contribution in [3.63, 3.8) is 0 Å². The maximum atomic E-state index is 13.7. The fourth-order valence-corrected chi connectivity index (χ4v) is 6.30. The highest BCUT2D eigenvalue weighted by Gasteiger charge is 2.32. The third-order valence-corrected chi connectivity index (χ3v) is 9.45. The number of carbonyl (C=O) groups excluding carboxylic acids is 2. The fraction of sp³-hybridized carbons (Fsp3) is 0.310. The van der Waals surface area contributed by atoms with Crippen LogP contribution < -0.4 is 19.3 Å². The number of nitrogens with one attached hydrogen (secondary N) is 1. The number of nitrogens with zero attached hydrogens (tertiary/aromatic N) is 2. The van der Waals surface area contributed by atoms with E-state index in [0.29, 0.717) is 24.4 Å². The Morgan fingerprint density at radius 3 is 2.51 bits per heavy atom. The molecular formula is C29H32BrN3O5S.